The molecule has 1 fully saturated rings. The summed E-state index contributed by atoms with van der Waals surface area (Å²) in [4.78, 5) is 37.5. The van der Waals surface area contributed by atoms with Crippen LogP contribution in [-0.2, 0) is 9.59 Å². The van der Waals surface area contributed by atoms with Crippen molar-refractivity contribution in [2.24, 2.45) is 0 Å². The maximum atomic E-state index is 12.2. The first-order chi connectivity index (χ1) is 10.9. The Morgan fingerprint density at radius 1 is 1.26 bits per heavy atom. The van der Waals surface area contributed by atoms with Crippen LogP contribution < -0.4 is 15.5 Å². The molecule has 1 aliphatic heterocycles. The van der Waals surface area contributed by atoms with Crippen LogP contribution in [0.4, 0.5) is 10.5 Å². The van der Waals surface area contributed by atoms with Gasteiger partial charge in [0.2, 0.25) is 0 Å². The lowest BCUT2D eigenvalue weighted by Gasteiger charge is -2.17. The van der Waals surface area contributed by atoms with E-state index in [-0.39, 0.29) is 30.9 Å². The van der Waals surface area contributed by atoms with E-state index < -0.39 is 0 Å². The molecular formula is C16H23N4O3+. The largest absolute Gasteiger partial charge is 0.336 e. The van der Waals surface area contributed by atoms with Gasteiger partial charge in [-0.25, -0.2) is 4.79 Å². The summed E-state index contributed by atoms with van der Waals surface area (Å²) in [6.07, 6.45) is 0. The minimum atomic E-state index is -0.359. The molecule has 1 aromatic rings. The van der Waals surface area contributed by atoms with E-state index in [0.717, 1.165) is 21.7 Å². The van der Waals surface area contributed by atoms with Crippen molar-refractivity contribution in [2.45, 2.75) is 13.8 Å². The number of nitrogens with zero attached hydrogens (tertiary/aromatic N) is 1. The summed E-state index contributed by atoms with van der Waals surface area (Å²) in [6, 6.07) is 5.46. The highest BCUT2D eigenvalue weighted by Crippen LogP contribution is 2.18. The first-order valence-corrected chi connectivity index (χ1v) is 7.64. The monoisotopic (exact) mass is 319 g/mol. The second-order valence-electron chi connectivity index (χ2n) is 5.90. The lowest BCUT2D eigenvalue weighted by atomic mass is 10.1. The molecule has 124 valence electrons. The molecule has 1 saturated heterocycles. The zero-order valence-corrected chi connectivity index (χ0v) is 13.7. The van der Waals surface area contributed by atoms with E-state index in [1.54, 1.807) is 7.05 Å². The van der Waals surface area contributed by atoms with Crippen LogP contribution in [0.5, 0.6) is 0 Å². The van der Waals surface area contributed by atoms with Crippen molar-refractivity contribution in [3.63, 3.8) is 0 Å². The Balaban J connectivity index is 1.87. The van der Waals surface area contributed by atoms with Crippen molar-refractivity contribution < 1.29 is 19.3 Å². The fourth-order valence-electron chi connectivity index (χ4n) is 2.59. The van der Waals surface area contributed by atoms with E-state index in [9.17, 15) is 14.4 Å². The van der Waals surface area contributed by atoms with Crippen molar-refractivity contribution in [3.05, 3.63) is 29.3 Å². The number of aryl methyl sites for hydroxylation is 2. The molecule has 1 aliphatic rings. The lowest BCUT2D eigenvalue weighted by Crippen LogP contribution is -3.11. The number of rotatable bonds is 5. The third-order valence-electron chi connectivity index (χ3n) is 3.82. The van der Waals surface area contributed by atoms with Gasteiger partial charge in [0.25, 0.3) is 11.8 Å². The highest BCUT2D eigenvalue weighted by molar-refractivity contribution is 5.96. The number of urea groups is 1. The zero-order chi connectivity index (χ0) is 17.0. The second kappa shape index (κ2) is 7.23. The average Bonchev–Trinajstić information content (AvgIpc) is 2.89. The van der Waals surface area contributed by atoms with Gasteiger partial charge in [-0.15, -0.1) is 0 Å². The number of hydrogen-bond donors (Lipinski definition) is 3. The maximum Gasteiger partial charge on any atom is 0.324 e. The minimum Gasteiger partial charge on any atom is -0.336 e. The molecule has 1 atom stereocenters. The molecule has 1 unspecified atom stereocenters. The van der Waals surface area contributed by atoms with Crippen LogP contribution in [0.25, 0.3) is 0 Å². The van der Waals surface area contributed by atoms with E-state index in [0.29, 0.717) is 13.1 Å². The molecule has 7 heteroatoms. The highest BCUT2D eigenvalue weighted by atomic mass is 16.2. The van der Waals surface area contributed by atoms with Gasteiger partial charge in [-0.1, -0.05) is 18.2 Å². The van der Waals surface area contributed by atoms with Gasteiger partial charge in [0.15, 0.2) is 13.1 Å². The summed E-state index contributed by atoms with van der Waals surface area (Å²) in [5.74, 6) is -0.420. The molecule has 0 saturated carbocycles. The number of para-hydroxylation sites is 1. The fourth-order valence-corrected chi connectivity index (χ4v) is 2.59. The van der Waals surface area contributed by atoms with E-state index in [2.05, 4.69) is 10.6 Å². The predicted octanol–water partition coefficient (Wildman–Crippen LogP) is -0.692. The van der Waals surface area contributed by atoms with Crippen LogP contribution in [0.3, 0.4) is 0 Å². The van der Waals surface area contributed by atoms with E-state index in [4.69, 9.17) is 0 Å². The summed E-state index contributed by atoms with van der Waals surface area (Å²) in [7, 11) is 1.76. The van der Waals surface area contributed by atoms with Crippen LogP contribution in [0.2, 0.25) is 0 Å². The Morgan fingerprint density at radius 3 is 2.48 bits per heavy atom. The summed E-state index contributed by atoms with van der Waals surface area (Å²) in [6.45, 7) is 5.02. The molecule has 2 rings (SSSR count). The van der Waals surface area contributed by atoms with Gasteiger partial charge in [-0.2, -0.15) is 0 Å². The SMILES string of the molecule is Cc1cccc(C)c1NC(=O)C[NH+](C)CC(=O)N1CCNC1=O. The van der Waals surface area contributed by atoms with Gasteiger partial charge in [-0.05, 0) is 25.0 Å². The Hall–Kier alpha value is -2.41. The molecule has 23 heavy (non-hydrogen) atoms. The number of imide groups is 1. The van der Waals surface area contributed by atoms with Crippen molar-refractivity contribution >= 4 is 23.5 Å². The number of amides is 4. The molecule has 0 spiro atoms. The third kappa shape index (κ3) is 4.29. The van der Waals surface area contributed by atoms with Gasteiger partial charge in [0.1, 0.15) is 0 Å². The first kappa shape index (κ1) is 17.0. The molecule has 7 nitrogen and oxygen atoms in total. The van der Waals surface area contributed by atoms with Crippen LogP contribution >= 0.6 is 0 Å². The second-order valence-corrected chi connectivity index (χ2v) is 5.90. The van der Waals surface area contributed by atoms with E-state index in [1.807, 2.05) is 32.0 Å². The van der Waals surface area contributed by atoms with Crippen molar-refractivity contribution in [1.82, 2.24) is 10.2 Å². The van der Waals surface area contributed by atoms with Crippen LogP contribution in [0, 0.1) is 13.8 Å². The van der Waals surface area contributed by atoms with Gasteiger partial charge in [0.05, 0.1) is 7.05 Å². The number of nitrogens with one attached hydrogen (secondary N) is 3. The van der Waals surface area contributed by atoms with Crippen molar-refractivity contribution in [2.75, 3.05) is 38.5 Å². The van der Waals surface area contributed by atoms with E-state index >= 15 is 0 Å². The molecule has 0 bridgehead atoms. The maximum absolute atomic E-state index is 12.2. The normalized spacial score (nSPS) is 15.3. The molecule has 0 radical (unpaired) electrons. The van der Waals surface area contributed by atoms with Crippen LogP contribution in [0.15, 0.2) is 18.2 Å². The number of hydrogen-bond acceptors (Lipinski definition) is 3. The molecule has 4 amide bonds. The summed E-state index contributed by atoms with van der Waals surface area (Å²) in [5, 5.41) is 5.48. The van der Waals surface area contributed by atoms with Gasteiger partial charge in [0, 0.05) is 18.8 Å². The third-order valence-corrected chi connectivity index (χ3v) is 3.82. The highest BCUT2D eigenvalue weighted by Gasteiger charge is 2.28. The van der Waals surface area contributed by atoms with Gasteiger partial charge >= 0.3 is 6.03 Å². The van der Waals surface area contributed by atoms with Gasteiger partial charge < -0.3 is 15.5 Å². The standard InChI is InChI=1S/C16H22N4O3/c1-11-5-4-6-12(2)15(11)18-13(21)9-19(3)10-14(22)20-8-7-17-16(20)23/h4-6H,7-10H2,1-3H3,(H,17,23)(H,18,21)/p+1. The van der Waals surface area contributed by atoms with Crippen molar-refractivity contribution in [1.29, 1.82) is 0 Å². The molecule has 1 heterocycles. The molecule has 0 aromatic heterocycles. The lowest BCUT2D eigenvalue weighted by molar-refractivity contribution is -0.862. The van der Waals surface area contributed by atoms with E-state index in [1.165, 1.54) is 4.90 Å². The minimum absolute atomic E-state index is 0.105. The number of carbonyl (C=O) groups excluding carboxylic acids is 3. The average molecular weight is 319 g/mol. The van der Waals surface area contributed by atoms with Crippen molar-refractivity contribution in [3.8, 4) is 0 Å². The number of benzene rings is 1. The Morgan fingerprint density at radius 2 is 1.91 bits per heavy atom. The quantitative estimate of drug-likeness (QED) is 0.672. The Labute approximate surface area is 135 Å². The van der Waals surface area contributed by atoms with Crippen LogP contribution in [-0.4, -0.2) is 56.0 Å². The molecule has 1 aromatic carbocycles. The smallest absolute Gasteiger partial charge is 0.324 e. The van der Waals surface area contributed by atoms with Crippen LogP contribution in [0.1, 0.15) is 11.1 Å². The zero-order valence-electron chi connectivity index (χ0n) is 13.7. The topological polar surface area (TPSA) is 82.9 Å². The number of likely N-dealkylation sites (N-methyl/N-ethyl adjacent to an activating group) is 1. The summed E-state index contributed by atoms with van der Waals surface area (Å²) >= 11 is 0. The molecule has 3 N–H and O–H groups in total. The predicted molar refractivity (Wildman–Crippen MR) is 86.3 cm³/mol. The Kier molecular flexibility index (Phi) is 5.33. The Bertz CT molecular complexity index is 610. The molecule has 0 aliphatic carbocycles. The first-order valence-electron chi connectivity index (χ1n) is 7.64. The summed E-state index contributed by atoms with van der Waals surface area (Å²) < 4.78 is 0. The molecular weight excluding hydrogens is 296 g/mol. The fraction of sp³-hybridized carbons (Fsp3) is 0.438. The number of anilines is 1. The number of quaternary nitrogens is 1. The number of carbonyl (C=O) groups is 3. The van der Waals surface area contributed by atoms with Gasteiger partial charge in [-0.3, -0.25) is 14.5 Å². The summed E-state index contributed by atoms with van der Waals surface area (Å²) in [5.41, 5.74) is 2.82.